The molecule has 0 aliphatic rings. The molecule has 0 aromatic rings. The van der Waals surface area contributed by atoms with Gasteiger partial charge in [0.1, 0.15) is 22.8 Å². The second-order valence-corrected chi connectivity index (χ2v) is 4.12. The van der Waals surface area contributed by atoms with Crippen molar-refractivity contribution in [3.63, 3.8) is 0 Å². The number of rotatable bonds is 7. The van der Waals surface area contributed by atoms with Gasteiger partial charge in [0.2, 0.25) is 0 Å². The van der Waals surface area contributed by atoms with E-state index in [4.69, 9.17) is 4.74 Å². The zero-order valence-corrected chi connectivity index (χ0v) is 10.7. The Hall–Kier alpha value is -1.52. The highest BCUT2D eigenvalue weighted by Crippen LogP contribution is 2.30. The van der Waals surface area contributed by atoms with Crippen molar-refractivity contribution >= 4 is 23.3 Å². The van der Waals surface area contributed by atoms with Crippen molar-refractivity contribution in [1.29, 1.82) is 0 Å². The van der Waals surface area contributed by atoms with Crippen LogP contribution in [0.15, 0.2) is 0 Å². The molecule has 0 aliphatic heterocycles. The molecule has 0 saturated carbocycles. The summed E-state index contributed by atoms with van der Waals surface area (Å²) in [6.45, 7) is 5.45. The predicted molar refractivity (Wildman–Crippen MR) is 60.3 cm³/mol. The van der Waals surface area contributed by atoms with Gasteiger partial charge in [-0.2, -0.15) is 0 Å². The van der Waals surface area contributed by atoms with Crippen LogP contribution in [0.3, 0.4) is 0 Å². The quantitative estimate of drug-likeness (QED) is 0.493. The van der Waals surface area contributed by atoms with E-state index in [1.54, 1.807) is 6.92 Å². The number of Topliss-reactive ketones (excluding diaryl/α,β-unsaturated/α-hetero) is 3. The number of ketones is 3. The first-order valence-corrected chi connectivity index (χ1v) is 5.43. The monoisotopic (exact) mass is 242 g/mol. The van der Waals surface area contributed by atoms with E-state index in [1.807, 2.05) is 0 Å². The lowest BCUT2D eigenvalue weighted by Gasteiger charge is -2.26. The molecule has 0 unspecified atom stereocenters. The van der Waals surface area contributed by atoms with Crippen molar-refractivity contribution in [2.75, 3.05) is 6.61 Å². The van der Waals surface area contributed by atoms with E-state index < -0.39 is 17.2 Å². The van der Waals surface area contributed by atoms with Gasteiger partial charge >= 0.3 is 5.97 Å². The molecule has 96 valence electrons. The molecule has 0 heterocycles. The standard InChI is InChI=1S/C12H18O5/c1-5-17-11(16)12(10(4)15,6-8(2)13)7-9(3)14/h5-7H2,1-4H3. The fraction of sp³-hybridized carbons (Fsp3) is 0.667. The molecule has 0 aromatic carbocycles. The van der Waals surface area contributed by atoms with Crippen LogP contribution >= 0.6 is 0 Å². The molecule has 5 heteroatoms. The van der Waals surface area contributed by atoms with E-state index in [2.05, 4.69) is 0 Å². The molecular formula is C12H18O5. The van der Waals surface area contributed by atoms with E-state index in [9.17, 15) is 19.2 Å². The van der Waals surface area contributed by atoms with Crippen LogP contribution in [0.5, 0.6) is 0 Å². The molecule has 0 rings (SSSR count). The fourth-order valence-corrected chi connectivity index (χ4v) is 1.72. The largest absolute Gasteiger partial charge is 0.465 e. The van der Waals surface area contributed by atoms with Gasteiger partial charge in [-0.25, -0.2) is 0 Å². The number of esters is 1. The Bertz CT molecular complexity index is 327. The highest BCUT2D eigenvalue weighted by molar-refractivity contribution is 6.08. The van der Waals surface area contributed by atoms with Crippen LogP contribution in [0.4, 0.5) is 0 Å². The first-order chi connectivity index (χ1) is 7.76. The summed E-state index contributed by atoms with van der Waals surface area (Å²) in [5.41, 5.74) is -1.65. The summed E-state index contributed by atoms with van der Waals surface area (Å²) in [5, 5.41) is 0. The zero-order chi connectivity index (χ0) is 13.6. The smallest absolute Gasteiger partial charge is 0.320 e. The molecule has 0 spiro atoms. The van der Waals surface area contributed by atoms with Gasteiger partial charge in [-0.05, 0) is 27.7 Å². The highest BCUT2D eigenvalue weighted by Gasteiger charge is 2.46. The van der Waals surface area contributed by atoms with Crippen molar-refractivity contribution in [3.8, 4) is 0 Å². The molecule has 0 saturated heterocycles. The van der Waals surface area contributed by atoms with Crippen molar-refractivity contribution in [2.45, 2.75) is 40.5 Å². The minimum Gasteiger partial charge on any atom is -0.465 e. The van der Waals surface area contributed by atoms with E-state index in [0.29, 0.717) is 0 Å². The molecule has 0 aromatic heterocycles. The molecule has 0 radical (unpaired) electrons. The van der Waals surface area contributed by atoms with Gasteiger partial charge in [0.05, 0.1) is 6.61 Å². The van der Waals surface area contributed by atoms with Gasteiger partial charge in [-0.3, -0.25) is 19.2 Å². The van der Waals surface area contributed by atoms with Crippen LogP contribution in [-0.4, -0.2) is 29.9 Å². The third kappa shape index (κ3) is 4.09. The molecule has 0 fully saturated rings. The third-order valence-corrected chi connectivity index (χ3v) is 2.44. The molecule has 5 nitrogen and oxygen atoms in total. The summed E-state index contributed by atoms with van der Waals surface area (Å²) in [6.07, 6.45) is -0.582. The fourth-order valence-electron chi connectivity index (χ4n) is 1.72. The minimum atomic E-state index is -1.65. The SMILES string of the molecule is CCOC(=O)C(CC(C)=O)(CC(C)=O)C(C)=O. The van der Waals surface area contributed by atoms with Crippen LogP contribution in [0.1, 0.15) is 40.5 Å². The summed E-state index contributed by atoms with van der Waals surface area (Å²) >= 11 is 0. The number of hydrogen-bond donors (Lipinski definition) is 0. The number of ether oxygens (including phenoxy) is 1. The molecule has 0 amide bonds. The summed E-state index contributed by atoms with van der Waals surface area (Å²) in [5.74, 6) is -1.96. The maximum atomic E-state index is 11.8. The second-order valence-electron chi connectivity index (χ2n) is 4.12. The maximum Gasteiger partial charge on any atom is 0.320 e. The van der Waals surface area contributed by atoms with Crippen LogP contribution < -0.4 is 0 Å². The predicted octanol–water partition coefficient (Wildman–Crippen LogP) is 1.08. The Labute approximate surface area is 101 Å². The highest BCUT2D eigenvalue weighted by atomic mass is 16.5. The van der Waals surface area contributed by atoms with Gasteiger partial charge in [0.15, 0.2) is 0 Å². The summed E-state index contributed by atoms with van der Waals surface area (Å²) in [6, 6.07) is 0. The average molecular weight is 242 g/mol. The third-order valence-electron chi connectivity index (χ3n) is 2.44. The molecule has 0 aliphatic carbocycles. The van der Waals surface area contributed by atoms with Crippen LogP contribution in [0, 0.1) is 5.41 Å². The molecule has 17 heavy (non-hydrogen) atoms. The Balaban J connectivity index is 5.37. The van der Waals surface area contributed by atoms with E-state index in [-0.39, 0.29) is 31.0 Å². The molecule has 0 atom stereocenters. The van der Waals surface area contributed by atoms with Crippen molar-refractivity contribution in [1.82, 2.24) is 0 Å². The van der Waals surface area contributed by atoms with Crippen molar-refractivity contribution in [3.05, 3.63) is 0 Å². The Morgan fingerprint density at radius 3 is 1.59 bits per heavy atom. The van der Waals surface area contributed by atoms with Crippen LogP contribution in [0.25, 0.3) is 0 Å². The van der Waals surface area contributed by atoms with Crippen LogP contribution in [-0.2, 0) is 23.9 Å². The summed E-state index contributed by atoms with van der Waals surface area (Å²) in [7, 11) is 0. The van der Waals surface area contributed by atoms with Crippen molar-refractivity contribution < 1.29 is 23.9 Å². The van der Waals surface area contributed by atoms with Crippen LogP contribution in [0.2, 0.25) is 0 Å². The van der Waals surface area contributed by atoms with E-state index >= 15 is 0 Å². The molecule has 0 N–H and O–H groups in total. The lowest BCUT2D eigenvalue weighted by atomic mass is 9.75. The van der Waals surface area contributed by atoms with Gasteiger partial charge in [0.25, 0.3) is 0 Å². The minimum absolute atomic E-state index is 0.101. The lowest BCUT2D eigenvalue weighted by molar-refractivity contribution is -0.163. The van der Waals surface area contributed by atoms with E-state index in [0.717, 1.165) is 0 Å². The zero-order valence-electron chi connectivity index (χ0n) is 10.7. The normalized spacial score (nSPS) is 10.8. The number of hydrogen-bond acceptors (Lipinski definition) is 5. The molecular weight excluding hydrogens is 224 g/mol. The van der Waals surface area contributed by atoms with Crippen molar-refractivity contribution in [2.24, 2.45) is 5.41 Å². The van der Waals surface area contributed by atoms with E-state index in [1.165, 1.54) is 20.8 Å². The first-order valence-electron chi connectivity index (χ1n) is 5.43. The number of carbonyl (C=O) groups is 4. The van der Waals surface area contributed by atoms with Gasteiger partial charge in [0, 0.05) is 12.8 Å². The second kappa shape index (κ2) is 6.27. The topological polar surface area (TPSA) is 77.5 Å². The summed E-state index contributed by atoms with van der Waals surface area (Å²) < 4.78 is 4.81. The summed E-state index contributed by atoms with van der Waals surface area (Å²) in [4.78, 5) is 45.8. The van der Waals surface area contributed by atoms with Gasteiger partial charge in [-0.1, -0.05) is 0 Å². The lowest BCUT2D eigenvalue weighted by Crippen LogP contribution is -2.42. The average Bonchev–Trinajstić information content (AvgIpc) is 2.14. The Morgan fingerprint density at radius 1 is 0.941 bits per heavy atom. The Kier molecular flexibility index (Phi) is 5.71. The van der Waals surface area contributed by atoms with Gasteiger partial charge < -0.3 is 4.74 Å². The Morgan fingerprint density at radius 2 is 1.35 bits per heavy atom. The van der Waals surface area contributed by atoms with Gasteiger partial charge in [-0.15, -0.1) is 0 Å². The maximum absolute atomic E-state index is 11.8. The first kappa shape index (κ1) is 15.5. The number of carbonyl (C=O) groups excluding carboxylic acids is 4. The molecule has 0 bridgehead atoms.